The zero-order valence-corrected chi connectivity index (χ0v) is 13.8. The molecule has 1 aromatic carbocycles. The lowest BCUT2D eigenvalue weighted by molar-refractivity contribution is 0.0488. The maximum absolute atomic E-state index is 12.9. The first kappa shape index (κ1) is 15.7. The smallest absolute Gasteiger partial charge is 0.259 e. The van der Waals surface area contributed by atoms with E-state index < -0.39 is 0 Å². The molecular weight excluding hydrogens is 324 g/mol. The molecule has 0 N–H and O–H groups in total. The lowest BCUT2D eigenvalue weighted by Crippen LogP contribution is -2.38. The number of benzene rings is 1. The first-order valence-corrected chi connectivity index (χ1v) is 8.03. The first-order chi connectivity index (χ1) is 12.2. The summed E-state index contributed by atoms with van der Waals surface area (Å²) in [6, 6.07) is 9.15. The third kappa shape index (κ3) is 3.10. The largest absolute Gasteiger partial charge is 0.469 e. The van der Waals surface area contributed by atoms with Crippen molar-refractivity contribution in [2.75, 3.05) is 27.1 Å². The summed E-state index contributed by atoms with van der Waals surface area (Å²) in [5.41, 5.74) is 1.42. The SMILES string of the molecule is COCC1CN(Cc2ccc3c(c2)OCO3)C(=O)c2cccnc2O1. The van der Waals surface area contributed by atoms with Crippen LogP contribution in [0.4, 0.5) is 0 Å². The second-order valence-electron chi connectivity index (χ2n) is 5.92. The minimum atomic E-state index is -0.279. The molecule has 1 unspecified atom stereocenters. The maximum atomic E-state index is 12.9. The number of amides is 1. The Bertz CT molecular complexity index is 795. The van der Waals surface area contributed by atoms with Crippen LogP contribution in [0.1, 0.15) is 15.9 Å². The molecule has 4 rings (SSSR count). The fourth-order valence-corrected chi connectivity index (χ4v) is 3.01. The van der Waals surface area contributed by atoms with Gasteiger partial charge in [-0.3, -0.25) is 4.79 Å². The summed E-state index contributed by atoms with van der Waals surface area (Å²) in [6.07, 6.45) is 1.34. The highest BCUT2D eigenvalue weighted by atomic mass is 16.7. The molecule has 0 radical (unpaired) electrons. The Morgan fingerprint density at radius 1 is 1.28 bits per heavy atom. The molecule has 2 aromatic rings. The van der Waals surface area contributed by atoms with Crippen molar-refractivity contribution in [3.05, 3.63) is 47.7 Å². The number of hydrogen-bond donors (Lipinski definition) is 0. The van der Waals surface area contributed by atoms with Crippen LogP contribution in [0.2, 0.25) is 0 Å². The molecule has 3 heterocycles. The monoisotopic (exact) mass is 342 g/mol. The number of pyridine rings is 1. The lowest BCUT2D eigenvalue weighted by Gasteiger charge is -2.24. The van der Waals surface area contributed by atoms with Crippen LogP contribution in [0.25, 0.3) is 0 Å². The Morgan fingerprint density at radius 3 is 3.04 bits per heavy atom. The van der Waals surface area contributed by atoms with E-state index in [-0.39, 0.29) is 18.8 Å². The van der Waals surface area contributed by atoms with Crippen LogP contribution in [-0.2, 0) is 11.3 Å². The highest BCUT2D eigenvalue weighted by Crippen LogP contribution is 2.33. The third-order valence-corrected chi connectivity index (χ3v) is 4.15. The van der Waals surface area contributed by atoms with Crippen molar-refractivity contribution in [2.24, 2.45) is 0 Å². The molecule has 0 spiro atoms. The number of aromatic nitrogens is 1. The van der Waals surface area contributed by atoms with E-state index in [9.17, 15) is 4.79 Å². The van der Waals surface area contributed by atoms with Crippen molar-refractivity contribution < 1.29 is 23.7 Å². The zero-order chi connectivity index (χ0) is 17.2. The van der Waals surface area contributed by atoms with Crippen LogP contribution in [-0.4, -0.2) is 48.9 Å². The molecule has 7 nitrogen and oxygen atoms in total. The van der Waals surface area contributed by atoms with E-state index >= 15 is 0 Å². The fraction of sp³-hybridized carbons (Fsp3) is 0.333. The highest BCUT2D eigenvalue weighted by molar-refractivity contribution is 5.96. The lowest BCUT2D eigenvalue weighted by atomic mass is 10.1. The number of nitrogens with zero attached hydrogens (tertiary/aromatic N) is 2. The average molecular weight is 342 g/mol. The van der Waals surface area contributed by atoms with Crippen molar-refractivity contribution >= 4 is 5.91 Å². The summed E-state index contributed by atoms with van der Waals surface area (Å²) in [7, 11) is 1.61. The Kier molecular flexibility index (Phi) is 4.15. The Labute approximate surface area is 145 Å². The topological polar surface area (TPSA) is 70.1 Å². The summed E-state index contributed by atoms with van der Waals surface area (Å²) in [5, 5.41) is 0. The number of hydrogen-bond acceptors (Lipinski definition) is 6. The minimum absolute atomic E-state index is 0.112. The van der Waals surface area contributed by atoms with E-state index in [4.69, 9.17) is 18.9 Å². The molecule has 0 saturated carbocycles. The van der Waals surface area contributed by atoms with Gasteiger partial charge in [0.1, 0.15) is 11.7 Å². The number of fused-ring (bicyclic) bond motifs is 2. The van der Waals surface area contributed by atoms with Crippen molar-refractivity contribution in [3.8, 4) is 17.4 Å². The van der Waals surface area contributed by atoms with Crippen molar-refractivity contribution in [3.63, 3.8) is 0 Å². The number of carbonyl (C=O) groups is 1. The molecule has 2 aliphatic rings. The van der Waals surface area contributed by atoms with E-state index in [2.05, 4.69) is 4.98 Å². The van der Waals surface area contributed by atoms with Gasteiger partial charge in [-0.1, -0.05) is 6.07 Å². The van der Waals surface area contributed by atoms with E-state index in [1.54, 1.807) is 30.3 Å². The number of ether oxygens (including phenoxy) is 4. The van der Waals surface area contributed by atoms with Crippen LogP contribution in [0.5, 0.6) is 17.4 Å². The number of methoxy groups -OCH3 is 1. The van der Waals surface area contributed by atoms with Crippen LogP contribution in [0.15, 0.2) is 36.5 Å². The molecule has 0 saturated heterocycles. The van der Waals surface area contributed by atoms with Crippen molar-refractivity contribution in [2.45, 2.75) is 12.6 Å². The molecule has 0 aliphatic carbocycles. The zero-order valence-electron chi connectivity index (χ0n) is 13.8. The number of carbonyl (C=O) groups excluding carboxylic acids is 1. The molecule has 2 aliphatic heterocycles. The number of rotatable bonds is 4. The van der Waals surface area contributed by atoms with E-state index in [1.165, 1.54) is 0 Å². The minimum Gasteiger partial charge on any atom is -0.469 e. The van der Waals surface area contributed by atoms with Gasteiger partial charge in [0, 0.05) is 19.9 Å². The second kappa shape index (κ2) is 6.60. The van der Waals surface area contributed by atoms with Gasteiger partial charge >= 0.3 is 0 Å². The Morgan fingerprint density at radius 2 is 2.16 bits per heavy atom. The molecule has 7 heteroatoms. The molecular formula is C18H18N2O5. The van der Waals surface area contributed by atoms with Gasteiger partial charge in [0.15, 0.2) is 11.5 Å². The Hall–Kier alpha value is -2.80. The molecule has 0 bridgehead atoms. The summed E-state index contributed by atoms with van der Waals surface area (Å²) in [6.45, 7) is 1.45. The Balaban J connectivity index is 1.62. The van der Waals surface area contributed by atoms with Gasteiger partial charge in [0.05, 0.1) is 13.2 Å². The van der Waals surface area contributed by atoms with Gasteiger partial charge in [0.2, 0.25) is 12.7 Å². The summed E-state index contributed by atoms with van der Waals surface area (Å²) < 4.78 is 21.8. The molecule has 1 atom stereocenters. The quantitative estimate of drug-likeness (QED) is 0.845. The van der Waals surface area contributed by atoms with Crippen LogP contribution in [0.3, 0.4) is 0 Å². The molecule has 1 amide bonds. The molecule has 1 aromatic heterocycles. The fourth-order valence-electron chi connectivity index (χ4n) is 3.01. The third-order valence-electron chi connectivity index (χ3n) is 4.15. The van der Waals surface area contributed by atoms with Gasteiger partial charge < -0.3 is 23.8 Å². The normalized spacial score (nSPS) is 18.5. The van der Waals surface area contributed by atoms with Crippen molar-refractivity contribution in [1.82, 2.24) is 9.88 Å². The second-order valence-corrected chi connectivity index (χ2v) is 5.92. The van der Waals surface area contributed by atoms with E-state index in [1.807, 2.05) is 18.2 Å². The van der Waals surface area contributed by atoms with Gasteiger partial charge in [-0.15, -0.1) is 0 Å². The van der Waals surface area contributed by atoms with Gasteiger partial charge in [0.25, 0.3) is 5.91 Å². The van der Waals surface area contributed by atoms with Crippen LogP contribution < -0.4 is 14.2 Å². The van der Waals surface area contributed by atoms with E-state index in [0.29, 0.717) is 36.9 Å². The maximum Gasteiger partial charge on any atom is 0.259 e. The van der Waals surface area contributed by atoms with Crippen LogP contribution in [0, 0.1) is 0 Å². The molecule has 25 heavy (non-hydrogen) atoms. The average Bonchev–Trinajstić information content (AvgIpc) is 3.04. The summed E-state index contributed by atoms with van der Waals surface area (Å²) in [5.74, 6) is 1.66. The predicted octanol–water partition coefficient (Wildman–Crippen LogP) is 1.86. The van der Waals surface area contributed by atoms with Gasteiger partial charge in [-0.25, -0.2) is 4.98 Å². The van der Waals surface area contributed by atoms with Crippen LogP contribution >= 0.6 is 0 Å². The summed E-state index contributed by atoms with van der Waals surface area (Å²) >= 11 is 0. The van der Waals surface area contributed by atoms with Gasteiger partial charge in [-0.05, 0) is 29.8 Å². The first-order valence-electron chi connectivity index (χ1n) is 8.03. The van der Waals surface area contributed by atoms with E-state index in [0.717, 1.165) is 11.3 Å². The summed E-state index contributed by atoms with van der Waals surface area (Å²) in [4.78, 5) is 18.9. The molecule has 130 valence electrons. The predicted molar refractivity (Wildman–Crippen MR) is 87.8 cm³/mol. The standard InChI is InChI=1S/C18H18N2O5/c1-22-10-13-9-20(18(21)14-3-2-6-19-17(14)25-13)8-12-4-5-15-16(7-12)24-11-23-15/h2-7,13H,8-11H2,1H3. The highest BCUT2D eigenvalue weighted by Gasteiger charge is 2.30. The molecule has 0 fully saturated rings. The van der Waals surface area contributed by atoms with Crippen molar-refractivity contribution in [1.29, 1.82) is 0 Å². The van der Waals surface area contributed by atoms with Gasteiger partial charge in [-0.2, -0.15) is 0 Å².